The van der Waals surface area contributed by atoms with Gasteiger partial charge in [0.2, 0.25) is 11.8 Å². The highest BCUT2D eigenvalue weighted by molar-refractivity contribution is 6.30. The maximum Gasteiger partial charge on any atom is 0.242 e. The van der Waals surface area contributed by atoms with Gasteiger partial charge in [-0.2, -0.15) is 0 Å². The molecule has 0 saturated carbocycles. The number of benzene rings is 2. The molecule has 2 aromatic carbocycles. The molecule has 2 rings (SSSR count). The molecule has 1 atom stereocenters. The van der Waals surface area contributed by atoms with Crippen LogP contribution < -0.4 is 5.32 Å². The van der Waals surface area contributed by atoms with Crippen LogP contribution in [-0.4, -0.2) is 29.8 Å². The molecule has 27 heavy (non-hydrogen) atoms. The zero-order chi connectivity index (χ0) is 19.8. The second kappa shape index (κ2) is 10.1. The lowest BCUT2D eigenvalue weighted by atomic mass is 10.0. The van der Waals surface area contributed by atoms with Gasteiger partial charge in [0.25, 0.3) is 0 Å². The summed E-state index contributed by atoms with van der Waals surface area (Å²) in [5.74, 6) is -0.217. The lowest BCUT2D eigenvalue weighted by Crippen LogP contribution is -2.46. The van der Waals surface area contributed by atoms with E-state index in [9.17, 15) is 9.59 Å². The van der Waals surface area contributed by atoms with Gasteiger partial charge in [0, 0.05) is 25.0 Å². The Labute approximate surface area is 166 Å². The molecule has 0 fully saturated rings. The first kappa shape index (κ1) is 21.0. The van der Waals surface area contributed by atoms with Gasteiger partial charge in [0.15, 0.2) is 0 Å². The van der Waals surface area contributed by atoms with Crippen LogP contribution >= 0.6 is 11.6 Å². The van der Waals surface area contributed by atoms with Crippen LogP contribution in [0.3, 0.4) is 0 Å². The SMILES string of the molecule is CCc1ccc(CCC(=O)N(Cc2ccc(Cl)cc2)C(C)C(=O)NC)cc1. The largest absolute Gasteiger partial charge is 0.357 e. The van der Waals surface area contributed by atoms with Gasteiger partial charge in [-0.3, -0.25) is 9.59 Å². The molecule has 0 aromatic heterocycles. The minimum Gasteiger partial charge on any atom is -0.357 e. The summed E-state index contributed by atoms with van der Waals surface area (Å²) in [5, 5.41) is 3.27. The van der Waals surface area contributed by atoms with Crippen LogP contribution in [0.2, 0.25) is 5.02 Å². The van der Waals surface area contributed by atoms with Gasteiger partial charge in [-0.1, -0.05) is 54.9 Å². The summed E-state index contributed by atoms with van der Waals surface area (Å²) >= 11 is 5.94. The second-order valence-corrected chi connectivity index (χ2v) is 7.04. The molecule has 1 N–H and O–H groups in total. The summed E-state index contributed by atoms with van der Waals surface area (Å²) in [6.45, 7) is 4.25. The molecule has 5 heteroatoms. The third-order valence-electron chi connectivity index (χ3n) is 4.74. The third kappa shape index (κ3) is 6.10. The predicted molar refractivity (Wildman–Crippen MR) is 110 cm³/mol. The molecule has 2 amide bonds. The first-order valence-electron chi connectivity index (χ1n) is 9.28. The highest BCUT2D eigenvalue weighted by atomic mass is 35.5. The first-order chi connectivity index (χ1) is 12.9. The number of hydrogen-bond acceptors (Lipinski definition) is 2. The van der Waals surface area contributed by atoms with E-state index < -0.39 is 6.04 Å². The number of amides is 2. The average molecular weight is 387 g/mol. The van der Waals surface area contributed by atoms with Crippen LogP contribution in [0.25, 0.3) is 0 Å². The highest BCUT2D eigenvalue weighted by Crippen LogP contribution is 2.16. The number of likely N-dealkylation sites (N-methyl/N-ethyl adjacent to an activating group) is 1. The van der Waals surface area contributed by atoms with Gasteiger partial charge in [-0.15, -0.1) is 0 Å². The number of rotatable bonds is 8. The number of aryl methyl sites for hydroxylation is 2. The van der Waals surface area contributed by atoms with E-state index >= 15 is 0 Å². The van der Waals surface area contributed by atoms with Crippen molar-refractivity contribution < 1.29 is 9.59 Å². The van der Waals surface area contributed by atoms with Crippen molar-refractivity contribution in [3.63, 3.8) is 0 Å². The van der Waals surface area contributed by atoms with Crippen molar-refractivity contribution in [1.29, 1.82) is 0 Å². The van der Waals surface area contributed by atoms with E-state index in [1.807, 2.05) is 12.1 Å². The van der Waals surface area contributed by atoms with Crippen molar-refractivity contribution in [2.24, 2.45) is 0 Å². The van der Waals surface area contributed by atoms with Gasteiger partial charge in [0.05, 0.1) is 0 Å². The Hall–Kier alpha value is -2.33. The first-order valence-corrected chi connectivity index (χ1v) is 9.65. The molecule has 0 bridgehead atoms. The van der Waals surface area contributed by atoms with Gasteiger partial charge >= 0.3 is 0 Å². The molecule has 2 aromatic rings. The normalized spacial score (nSPS) is 11.7. The third-order valence-corrected chi connectivity index (χ3v) is 4.99. The number of halogens is 1. The number of nitrogens with one attached hydrogen (secondary N) is 1. The second-order valence-electron chi connectivity index (χ2n) is 6.61. The lowest BCUT2D eigenvalue weighted by molar-refractivity contribution is -0.140. The van der Waals surface area contributed by atoms with E-state index in [0.717, 1.165) is 17.5 Å². The summed E-state index contributed by atoms with van der Waals surface area (Å²) in [4.78, 5) is 26.6. The summed E-state index contributed by atoms with van der Waals surface area (Å²) in [6, 6.07) is 15.1. The highest BCUT2D eigenvalue weighted by Gasteiger charge is 2.25. The molecule has 0 radical (unpaired) electrons. The Morgan fingerprint density at radius 1 is 1.00 bits per heavy atom. The topological polar surface area (TPSA) is 49.4 Å². The summed E-state index contributed by atoms with van der Waals surface area (Å²) in [6.07, 6.45) is 2.01. The molecule has 1 unspecified atom stereocenters. The van der Waals surface area contributed by atoms with Crippen molar-refractivity contribution in [3.8, 4) is 0 Å². The van der Waals surface area contributed by atoms with Gasteiger partial charge in [-0.05, 0) is 48.6 Å². The molecular weight excluding hydrogens is 360 g/mol. The van der Waals surface area contributed by atoms with Gasteiger partial charge in [-0.25, -0.2) is 0 Å². The zero-order valence-electron chi connectivity index (χ0n) is 16.2. The minimum absolute atomic E-state index is 0.0411. The molecular formula is C22H27ClN2O2. The average Bonchev–Trinajstić information content (AvgIpc) is 2.70. The molecule has 0 aliphatic carbocycles. The number of carbonyl (C=O) groups excluding carboxylic acids is 2. The van der Waals surface area contributed by atoms with Crippen LogP contribution in [-0.2, 0) is 29.0 Å². The van der Waals surface area contributed by atoms with Crippen molar-refractivity contribution in [2.75, 3.05) is 7.05 Å². The summed E-state index contributed by atoms with van der Waals surface area (Å²) in [5.41, 5.74) is 3.35. The lowest BCUT2D eigenvalue weighted by Gasteiger charge is -2.28. The fourth-order valence-corrected chi connectivity index (χ4v) is 3.04. The van der Waals surface area contributed by atoms with E-state index in [1.54, 1.807) is 31.0 Å². The van der Waals surface area contributed by atoms with Crippen molar-refractivity contribution >= 4 is 23.4 Å². The molecule has 4 nitrogen and oxygen atoms in total. The quantitative estimate of drug-likeness (QED) is 0.745. The Morgan fingerprint density at radius 3 is 2.11 bits per heavy atom. The Morgan fingerprint density at radius 2 is 1.56 bits per heavy atom. The van der Waals surface area contributed by atoms with E-state index in [4.69, 9.17) is 11.6 Å². The predicted octanol–water partition coefficient (Wildman–Crippen LogP) is 4.00. The standard InChI is InChI=1S/C22H27ClN2O2/c1-4-17-5-7-18(8-6-17)11-14-21(26)25(16(2)22(27)24-3)15-19-9-12-20(23)13-10-19/h5-10,12-13,16H,4,11,14-15H2,1-3H3,(H,24,27). The molecule has 0 aliphatic heterocycles. The van der Waals surface area contributed by atoms with Crippen LogP contribution in [0, 0.1) is 0 Å². The summed E-state index contributed by atoms with van der Waals surface area (Å²) < 4.78 is 0. The Balaban J connectivity index is 2.09. The van der Waals surface area contributed by atoms with Crippen LogP contribution in [0.4, 0.5) is 0 Å². The molecule has 144 valence electrons. The van der Waals surface area contributed by atoms with Crippen LogP contribution in [0.5, 0.6) is 0 Å². The maximum absolute atomic E-state index is 12.9. The Bertz CT molecular complexity index is 757. The number of carbonyl (C=O) groups is 2. The maximum atomic E-state index is 12.9. The van der Waals surface area contributed by atoms with E-state index in [2.05, 4.69) is 36.5 Å². The molecule has 0 spiro atoms. The Kier molecular flexibility index (Phi) is 7.86. The fourth-order valence-electron chi connectivity index (χ4n) is 2.91. The van der Waals surface area contributed by atoms with E-state index in [-0.39, 0.29) is 11.8 Å². The zero-order valence-corrected chi connectivity index (χ0v) is 16.9. The number of hydrogen-bond donors (Lipinski definition) is 1. The number of nitrogens with zero attached hydrogens (tertiary/aromatic N) is 1. The minimum atomic E-state index is -0.541. The van der Waals surface area contributed by atoms with Crippen LogP contribution in [0.15, 0.2) is 48.5 Å². The fraction of sp³-hybridized carbons (Fsp3) is 0.364. The molecule has 0 saturated heterocycles. The van der Waals surface area contributed by atoms with Gasteiger partial charge in [0.1, 0.15) is 6.04 Å². The van der Waals surface area contributed by atoms with Crippen molar-refractivity contribution in [3.05, 3.63) is 70.2 Å². The summed E-state index contributed by atoms with van der Waals surface area (Å²) in [7, 11) is 1.58. The van der Waals surface area contributed by atoms with Crippen LogP contribution in [0.1, 0.15) is 37.0 Å². The van der Waals surface area contributed by atoms with Crippen molar-refractivity contribution in [2.45, 2.75) is 45.7 Å². The van der Waals surface area contributed by atoms with E-state index in [1.165, 1.54) is 5.56 Å². The van der Waals surface area contributed by atoms with Crippen molar-refractivity contribution in [1.82, 2.24) is 10.2 Å². The van der Waals surface area contributed by atoms with E-state index in [0.29, 0.717) is 24.4 Å². The molecule has 0 aliphatic rings. The van der Waals surface area contributed by atoms with Gasteiger partial charge < -0.3 is 10.2 Å². The monoisotopic (exact) mass is 386 g/mol. The smallest absolute Gasteiger partial charge is 0.242 e. The molecule has 0 heterocycles.